The molecular weight excluding hydrogens is 230 g/mol. The maximum atomic E-state index is 12.2. The summed E-state index contributed by atoms with van der Waals surface area (Å²) in [5.41, 5.74) is 0.641. The fourth-order valence-electron chi connectivity index (χ4n) is 1.83. The van der Waals surface area contributed by atoms with Crippen molar-refractivity contribution < 1.29 is 14.6 Å². The number of hydrogen-bond acceptors (Lipinski definition) is 3. The van der Waals surface area contributed by atoms with Gasteiger partial charge in [0.05, 0.1) is 12.7 Å². The Hall–Kier alpha value is -1.55. The number of rotatable bonds is 4. The van der Waals surface area contributed by atoms with Crippen LogP contribution in [-0.4, -0.2) is 42.2 Å². The summed E-state index contributed by atoms with van der Waals surface area (Å²) in [5.74, 6) is 0.563. The molecule has 0 aromatic heterocycles. The number of methoxy groups -OCH3 is 1. The molecule has 0 aliphatic carbocycles. The first-order valence-corrected chi connectivity index (χ1v) is 5.87. The van der Waals surface area contributed by atoms with Crippen LogP contribution >= 0.6 is 0 Å². The third kappa shape index (κ3) is 3.74. The molecule has 0 saturated heterocycles. The summed E-state index contributed by atoms with van der Waals surface area (Å²) in [6, 6.07) is 5.34. The van der Waals surface area contributed by atoms with E-state index in [1.54, 1.807) is 40.1 Å². The van der Waals surface area contributed by atoms with Gasteiger partial charge in [-0.3, -0.25) is 4.79 Å². The minimum atomic E-state index is -0.904. The van der Waals surface area contributed by atoms with Crippen molar-refractivity contribution >= 4 is 5.91 Å². The van der Waals surface area contributed by atoms with Crippen molar-refractivity contribution in [3.05, 3.63) is 29.3 Å². The molecule has 100 valence electrons. The van der Waals surface area contributed by atoms with Gasteiger partial charge >= 0.3 is 0 Å². The summed E-state index contributed by atoms with van der Waals surface area (Å²) in [7, 11) is 3.25. The third-order valence-corrected chi connectivity index (χ3v) is 2.63. The zero-order chi connectivity index (χ0) is 13.9. The lowest BCUT2D eigenvalue weighted by molar-refractivity contribution is 0.0368. The van der Waals surface area contributed by atoms with Gasteiger partial charge in [-0.25, -0.2) is 0 Å². The quantitative estimate of drug-likeness (QED) is 0.888. The first-order valence-electron chi connectivity index (χ1n) is 5.87. The fourth-order valence-corrected chi connectivity index (χ4v) is 1.83. The van der Waals surface area contributed by atoms with E-state index in [0.29, 0.717) is 11.3 Å². The Morgan fingerprint density at radius 2 is 2.06 bits per heavy atom. The summed E-state index contributed by atoms with van der Waals surface area (Å²) in [6.07, 6.45) is 0. The van der Waals surface area contributed by atoms with Crippen molar-refractivity contribution in [1.29, 1.82) is 0 Å². The second kappa shape index (κ2) is 5.40. The number of aryl methyl sites for hydroxylation is 1. The molecule has 1 rings (SSSR count). The van der Waals surface area contributed by atoms with Gasteiger partial charge in [0.2, 0.25) is 0 Å². The highest BCUT2D eigenvalue weighted by Crippen LogP contribution is 2.20. The second-order valence-electron chi connectivity index (χ2n) is 5.16. The Morgan fingerprint density at radius 3 is 2.56 bits per heavy atom. The van der Waals surface area contributed by atoms with Gasteiger partial charge < -0.3 is 14.7 Å². The summed E-state index contributed by atoms with van der Waals surface area (Å²) in [5, 5.41) is 9.71. The molecule has 0 fully saturated rings. The molecule has 4 heteroatoms. The van der Waals surface area contributed by atoms with Crippen LogP contribution in [0.2, 0.25) is 0 Å². The summed E-state index contributed by atoms with van der Waals surface area (Å²) >= 11 is 0. The second-order valence-corrected chi connectivity index (χ2v) is 5.16. The van der Waals surface area contributed by atoms with Crippen LogP contribution < -0.4 is 4.74 Å². The lowest BCUT2D eigenvalue weighted by Crippen LogP contribution is -2.39. The molecule has 4 nitrogen and oxygen atoms in total. The predicted molar refractivity (Wildman–Crippen MR) is 71.0 cm³/mol. The molecular formula is C14H21NO3. The maximum Gasteiger partial charge on any atom is 0.253 e. The third-order valence-electron chi connectivity index (χ3n) is 2.63. The Morgan fingerprint density at radius 1 is 1.44 bits per heavy atom. The molecule has 0 spiro atoms. The van der Waals surface area contributed by atoms with Crippen molar-refractivity contribution in [3.63, 3.8) is 0 Å². The molecule has 0 atom stereocenters. The number of amides is 1. The van der Waals surface area contributed by atoms with E-state index in [-0.39, 0.29) is 12.5 Å². The lowest BCUT2D eigenvalue weighted by atomic mass is 10.1. The number of carbonyl (C=O) groups excluding carboxylic acids is 1. The van der Waals surface area contributed by atoms with Gasteiger partial charge in [0, 0.05) is 19.2 Å². The summed E-state index contributed by atoms with van der Waals surface area (Å²) in [4.78, 5) is 13.7. The van der Waals surface area contributed by atoms with E-state index in [9.17, 15) is 9.90 Å². The summed E-state index contributed by atoms with van der Waals surface area (Å²) < 4.78 is 5.20. The van der Waals surface area contributed by atoms with Crippen LogP contribution in [0.4, 0.5) is 0 Å². The van der Waals surface area contributed by atoms with Crippen LogP contribution in [0.15, 0.2) is 18.2 Å². The van der Waals surface area contributed by atoms with Crippen LogP contribution in [0, 0.1) is 6.92 Å². The van der Waals surface area contributed by atoms with Gasteiger partial charge in [-0.05, 0) is 38.5 Å². The molecule has 0 aliphatic rings. The minimum Gasteiger partial charge on any atom is -0.496 e. The van der Waals surface area contributed by atoms with Gasteiger partial charge in [-0.2, -0.15) is 0 Å². The van der Waals surface area contributed by atoms with Crippen LogP contribution in [0.5, 0.6) is 5.75 Å². The van der Waals surface area contributed by atoms with E-state index >= 15 is 0 Å². The number of aliphatic hydroxyl groups is 1. The molecule has 1 aromatic carbocycles. The van der Waals surface area contributed by atoms with Crippen molar-refractivity contribution in [2.75, 3.05) is 20.7 Å². The number of carbonyl (C=O) groups is 1. The Kier molecular flexibility index (Phi) is 4.35. The Bertz CT molecular complexity index is 435. The molecule has 0 radical (unpaired) electrons. The lowest BCUT2D eigenvalue weighted by Gasteiger charge is -2.25. The van der Waals surface area contributed by atoms with E-state index in [1.165, 1.54) is 4.90 Å². The van der Waals surface area contributed by atoms with Gasteiger partial charge in [0.25, 0.3) is 5.91 Å². The zero-order valence-electron chi connectivity index (χ0n) is 11.7. The highest BCUT2D eigenvalue weighted by molar-refractivity contribution is 5.94. The zero-order valence-corrected chi connectivity index (χ0v) is 11.7. The number of nitrogens with zero attached hydrogens (tertiary/aromatic N) is 1. The van der Waals surface area contributed by atoms with Crippen molar-refractivity contribution in [1.82, 2.24) is 4.90 Å². The average molecular weight is 251 g/mol. The first kappa shape index (κ1) is 14.5. The van der Waals surface area contributed by atoms with Crippen LogP contribution in [-0.2, 0) is 0 Å². The predicted octanol–water partition coefficient (Wildman–Crippen LogP) is 1.85. The minimum absolute atomic E-state index is 0.129. The van der Waals surface area contributed by atoms with E-state index in [0.717, 1.165) is 5.56 Å². The molecule has 0 saturated carbocycles. The molecule has 18 heavy (non-hydrogen) atoms. The largest absolute Gasteiger partial charge is 0.496 e. The van der Waals surface area contributed by atoms with Crippen molar-refractivity contribution in [2.24, 2.45) is 0 Å². The average Bonchev–Trinajstić information content (AvgIpc) is 2.26. The van der Waals surface area contributed by atoms with E-state index in [2.05, 4.69) is 0 Å². The molecule has 0 heterocycles. The topological polar surface area (TPSA) is 49.8 Å². The fraction of sp³-hybridized carbons (Fsp3) is 0.500. The van der Waals surface area contributed by atoms with E-state index in [1.807, 2.05) is 13.0 Å². The molecule has 1 N–H and O–H groups in total. The molecule has 0 aliphatic heterocycles. The van der Waals surface area contributed by atoms with E-state index in [4.69, 9.17) is 4.74 Å². The maximum absolute atomic E-state index is 12.2. The van der Waals surface area contributed by atoms with Crippen LogP contribution in [0.1, 0.15) is 29.8 Å². The number of likely N-dealkylation sites (N-methyl/N-ethyl adjacent to an activating group) is 1. The molecule has 0 unspecified atom stereocenters. The van der Waals surface area contributed by atoms with Crippen LogP contribution in [0.3, 0.4) is 0 Å². The Balaban J connectivity index is 2.90. The van der Waals surface area contributed by atoms with Gasteiger partial charge in [0.15, 0.2) is 0 Å². The molecule has 1 aromatic rings. The standard InChI is InChI=1S/C14H21NO3/c1-10-6-7-11(8-12(10)18-5)13(16)15(4)9-14(2,3)17/h6-8,17H,9H2,1-5H3. The van der Waals surface area contributed by atoms with Crippen molar-refractivity contribution in [3.8, 4) is 5.75 Å². The SMILES string of the molecule is COc1cc(C(=O)N(C)CC(C)(C)O)ccc1C. The van der Waals surface area contributed by atoms with Gasteiger partial charge in [0.1, 0.15) is 5.75 Å². The summed E-state index contributed by atoms with van der Waals surface area (Å²) in [6.45, 7) is 5.55. The number of benzene rings is 1. The van der Waals surface area contributed by atoms with Gasteiger partial charge in [-0.15, -0.1) is 0 Å². The van der Waals surface area contributed by atoms with Crippen molar-refractivity contribution in [2.45, 2.75) is 26.4 Å². The first-order chi connectivity index (χ1) is 8.24. The normalized spacial score (nSPS) is 11.2. The Labute approximate surface area is 108 Å². The number of ether oxygens (including phenoxy) is 1. The van der Waals surface area contributed by atoms with E-state index < -0.39 is 5.60 Å². The smallest absolute Gasteiger partial charge is 0.253 e. The molecule has 1 amide bonds. The van der Waals surface area contributed by atoms with Crippen LogP contribution in [0.25, 0.3) is 0 Å². The monoisotopic (exact) mass is 251 g/mol. The van der Waals surface area contributed by atoms with Gasteiger partial charge in [-0.1, -0.05) is 6.07 Å². The molecule has 0 bridgehead atoms. The highest BCUT2D eigenvalue weighted by atomic mass is 16.5. The highest BCUT2D eigenvalue weighted by Gasteiger charge is 2.20. The number of hydrogen-bond donors (Lipinski definition) is 1.